The third-order valence-electron chi connectivity index (χ3n) is 2.61. The van der Waals surface area contributed by atoms with Gasteiger partial charge in [-0.05, 0) is 18.1 Å². The van der Waals surface area contributed by atoms with Crippen LogP contribution in [0.3, 0.4) is 0 Å². The lowest BCUT2D eigenvalue weighted by Crippen LogP contribution is -2.13. The van der Waals surface area contributed by atoms with Crippen LogP contribution in [0.1, 0.15) is 18.9 Å². The molecule has 0 aliphatic heterocycles. The average molecular weight is 363 g/mol. The summed E-state index contributed by atoms with van der Waals surface area (Å²) >= 11 is 1.13. The zero-order valence-corrected chi connectivity index (χ0v) is 14.0. The fourth-order valence-corrected chi connectivity index (χ4v) is 3.93. The topological polar surface area (TPSA) is 81.2 Å². The number of alkyl halides is 2. The lowest BCUT2D eigenvalue weighted by molar-refractivity contribution is -0.0499. The van der Waals surface area contributed by atoms with Crippen LogP contribution >= 0.6 is 11.3 Å². The highest BCUT2D eigenvalue weighted by molar-refractivity contribution is 7.93. The Morgan fingerprint density at radius 3 is 2.70 bits per heavy atom. The minimum Gasteiger partial charge on any atom is -0.435 e. The van der Waals surface area contributed by atoms with Crippen LogP contribution in [-0.4, -0.2) is 25.2 Å². The molecule has 0 radical (unpaired) electrons. The van der Waals surface area contributed by atoms with Crippen molar-refractivity contribution in [3.05, 3.63) is 29.3 Å². The van der Waals surface area contributed by atoms with Gasteiger partial charge >= 0.3 is 6.61 Å². The second-order valence-electron chi connectivity index (χ2n) is 5.06. The van der Waals surface area contributed by atoms with Gasteiger partial charge in [0.15, 0.2) is 0 Å². The number of hydrogen-bond donors (Lipinski definition) is 1. The van der Waals surface area contributed by atoms with E-state index in [9.17, 15) is 17.2 Å². The fraction of sp³-hybridized carbons (Fsp3) is 0.385. The highest BCUT2D eigenvalue weighted by Gasteiger charge is 2.18. The fourth-order valence-electron chi connectivity index (χ4n) is 1.72. The van der Waals surface area contributed by atoms with E-state index < -0.39 is 16.6 Å². The van der Waals surface area contributed by atoms with E-state index >= 15 is 0 Å². The van der Waals surface area contributed by atoms with Crippen molar-refractivity contribution >= 4 is 26.5 Å². The Morgan fingerprint density at radius 2 is 2.04 bits per heavy atom. The van der Waals surface area contributed by atoms with Crippen LogP contribution in [0.15, 0.2) is 29.2 Å². The molecule has 0 atom stereocenters. The smallest absolute Gasteiger partial charge is 0.387 e. The van der Waals surface area contributed by atoms with Crippen molar-refractivity contribution in [2.45, 2.75) is 31.8 Å². The van der Waals surface area contributed by atoms with E-state index in [0.29, 0.717) is 17.3 Å². The summed E-state index contributed by atoms with van der Waals surface area (Å²) in [6.07, 6.45) is 0.692. The van der Waals surface area contributed by atoms with E-state index in [2.05, 4.69) is 19.7 Å². The molecule has 2 rings (SSSR count). The van der Waals surface area contributed by atoms with E-state index in [-0.39, 0.29) is 15.8 Å². The molecular formula is C13H15F2N3O3S2. The summed E-state index contributed by atoms with van der Waals surface area (Å²) in [6, 6.07) is 4.86. The van der Waals surface area contributed by atoms with Crippen LogP contribution in [-0.2, 0) is 16.4 Å². The van der Waals surface area contributed by atoms with Gasteiger partial charge in [-0.1, -0.05) is 31.3 Å². The Kier molecular flexibility index (Phi) is 5.47. The highest BCUT2D eigenvalue weighted by atomic mass is 32.2. The van der Waals surface area contributed by atoms with Crippen LogP contribution in [0.4, 0.5) is 13.9 Å². The lowest BCUT2D eigenvalue weighted by Gasteiger charge is -2.08. The van der Waals surface area contributed by atoms with Gasteiger partial charge in [-0.2, -0.15) is 8.78 Å². The Bertz CT molecular complexity index is 763. The summed E-state index contributed by atoms with van der Waals surface area (Å²) in [6.45, 7) is 1.00. The molecule has 1 aromatic carbocycles. The number of ether oxygens (including phenoxy) is 1. The largest absolute Gasteiger partial charge is 0.435 e. The van der Waals surface area contributed by atoms with Crippen LogP contribution in [0.5, 0.6) is 5.75 Å². The summed E-state index contributed by atoms with van der Waals surface area (Å²) in [5, 5.41) is 8.53. The first kappa shape index (κ1) is 17.5. The number of hydrogen-bond acceptors (Lipinski definition) is 6. The monoisotopic (exact) mass is 363 g/mol. The quantitative estimate of drug-likeness (QED) is 0.817. The first-order valence-electron chi connectivity index (χ1n) is 6.66. The van der Waals surface area contributed by atoms with Gasteiger partial charge in [0, 0.05) is 12.5 Å². The third kappa shape index (κ3) is 5.10. The van der Waals surface area contributed by atoms with Crippen molar-refractivity contribution in [1.29, 1.82) is 0 Å². The Morgan fingerprint density at radius 1 is 1.30 bits per heavy atom. The first-order chi connectivity index (χ1) is 10.8. The molecule has 23 heavy (non-hydrogen) atoms. The number of aromatic nitrogens is 2. The van der Waals surface area contributed by atoms with Gasteiger partial charge in [0.05, 0.1) is 4.90 Å². The van der Waals surface area contributed by atoms with Crippen molar-refractivity contribution in [3.8, 4) is 5.75 Å². The normalized spacial score (nSPS) is 11.9. The summed E-state index contributed by atoms with van der Waals surface area (Å²) in [7, 11) is -3.95. The van der Waals surface area contributed by atoms with Gasteiger partial charge in [0.25, 0.3) is 10.0 Å². The molecule has 6 nitrogen and oxygen atoms in total. The summed E-state index contributed by atoms with van der Waals surface area (Å²) in [5.41, 5.74) is 0. The number of halogens is 2. The number of sulfonamides is 1. The third-order valence-corrected chi connectivity index (χ3v) is 4.94. The van der Waals surface area contributed by atoms with Crippen molar-refractivity contribution in [2.24, 2.45) is 5.92 Å². The van der Waals surface area contributed by atoms with Gasteiger partial charge in [-0.25, -0.2) is 8.42 Å². The zero-order chi connectivity index (χ0) is 17.0. The Labute approximate surface area is 136 Å². The molecule has 0 saturated carbocycles. The lowest BCUT2D eigenvalue weighted by atomic mass is 10.1. The average Bonchev–Trinajstić information content (AvgIpc) is 2.83. The maximum Gasteiger partial charge on any atom is 0.387 e. The highest BCUT2D eigenvalue weighted by Crippen LogP contribution is 2.24. The number of rotatable bonds is 7. The maximum atomic E-state index is 12.3. The molecule has 0 amide bonds. The van der Waals surface area contributed by atoms with Gasteiger partial charge in [0.1, 0.15) is 10.8 Å². The van der Waals surface area contributed by atoms with E-state index in [1.54, 1.807) is 0 Å². The second kappa shape index (κ2) is 7.18. The molecular weight excluding hydrogens is 348 g/mol. The van der Waals surface area contributed by atoms with E-state index in [4.69, 9.17) is 0 Å². The van der Waals surface area contributed by atoms with E-state index in [1.807, 2.05) is 13.8 Å². The van der Waals surface area contributed by atoms with Crippen LogP contribution in [0.2, 0.25) is 0 Å². The number of benzene rings is 1. The molecule has 1 N–H and O–H groups in total. The summed E-state index contributed by atoms with van der Waals surface area (Å²) in [5.74, 6) is 0.135. The predicted octanol–water partition coefficient (Wildman–Crippen LogP) is 3.14. The molecule has 1 heterocycles. The van der Waals surface area contributed by atoms with Gasteiger partial charge in [0.2, 0.25) is 5.13 Å². The van der Waals surface area contributed by atoms with Crippen LogP contribution in [0.25, 0.3) is 0 Å². The zero-order valence-electron chi connectivity index (χ0n) is 12.4. The number of anilines is 1. The van der Waals surface area contributed by atoms with Gasteiger partial charge in [-0.3, -0.25) is 4.72 Å². The molecule has 0 saturated heterocycles. The van der Waals surface area contributed by atoms with E-state index in [0.717, 1.165) is 17.4 Å². The van der Waals surface area contributed by atoms with Crippen molar-refractivity contribution < 1.29 is 21.9 Å². The van der Waals surface area contributed by atoms with E-state index in [1.165, 1.54) is 18.2 Å². The molecule has 0 aliphatic rings. The predicted molar refractivity (Wildman–Crippen MR) is 82.3 cm³/mol. The molecule has 2 aromatic rings. The van der Waals surface area contributed by atoms with Crippen LogP contribution < -0.4 is 9.46 Å². The minimum atomic E-state index is -3.95. The molecule has 10 heteroatoms. The van der Waals surface area contributed by atoms with Crippen molar-refractivity contribution in [3.63, 3.8) is 0 Å². The SMILES string of the molecule is CC(C)Cc1nnc(NS(=O)(=O)c2cccc(OC(F)F)c2)s1. The molecule has 0 fully saturated rings. The molecule has 126 valence electrons. The van der Waals surface area contributed by atoms with Crippen LogP contribution in [0, 0.1) is 5.92 Å². The van der Waals surface area contributed by atoms with Crippen molar-refractivity contribution in [2.75, 3.05) is 4.72 Å². The first-order valence-corrected chi connectivity index (χ1v) is 8.96. The Balaban J connectivity index is 2.17. The molecule has 0 unspecified atom stereocenters. The summed E-state index contributed by atoms with van der Waals surface area (Å²) in [4.78, 5) is -0.198. The molecule has 0 bridgehead atoms. The van der Waals surface area contributed by atoms with Crippen molar-refractivity contribution in [1.82, 2.24) is 10.2 Å². The van der Waals surface area contributed by atoms with Gasteiger partial charge < -0.3 is 4.74 Å². The standard InChI is InChI=1S/C13H15F2N3O3S2/c1-8(2)6-11-16-17-13(22-11)18-23(19,20)10-5-3-4-9(7-10)21-12(14)15/h3-5,7-8,12H,6H2,1-2H3,(H,17,18). The maximum absolute atomic E-state index is 12.3. The Hall–Kier alpha value is -1.81. The summed E-state index contributed by atoms with van der Waals surface area (Å²) < 4.78 is 55.4. The van der Waals surface area contributed by atoms with Gasteiger partial charge in [-0.15, -0.1) is 10.2 Å². The molecule has 1 aromatic heterocycles. The molecule has 0 aliphatic carbocycles. The second-order valence-corrected chi connectivity index (χ2v) is 7.80. The number of nitrogens with zero attached hydrogens (tertiary/aromatic N) is 2. The number of nitrogens with one attached hydrogen (secondary N) is 1. The molecule has 0 spiro atoms. The minimum absolute atomic E-state index is 0.126.